The second-order valence-corrected chi connectivity index (χ2v) is 2.59. The molecular formula is C10H10FNO2. The fraction of sp³-hybridized carbons (Fsp3) is 0.300. The van der Waals surface area contributed by atoms with Gasteiger partial charge in [-0.3, -0.25) is 4.94 Å². The molecule has 0 amide bonds. The van der Waals surface area contributed by atoms with Gasteiger partial charge in [0.25, 0.3) is 0 Å². The van der Waals surface area contributed by atoms with Crippen LogP contribution in [-0.2, 0) is 0 Å². The number of hydrogen-bond acceptors (Lipinski definition) is 3. The van der Waals surface area contributed by atoms with E-state index in [4.69, 9.17) is 5.11 Å². The molecule has 0 spiro atoms. The maximum atomic E-state index is 11.6. The third kappa shape index (κ3) is 3.42. The van der Waals surface area contributed by atoms with E-state index >= 15 is 0 Å². The lowest BCUT2D eigenvalue weighted by Gasteiger charge is -1.92. The first-order valence-corrected chi connectivity index (χ1v) is 4.21. The minimum absolute atomic E-state index is 0.0610. The number of unbranched alkanes of at least 4 members (excludes halogenated alkanes) is 1. The van der Waals surface area contributed by atoms with E-state index in [0.717, 1.165) is 0 Å². The smallest absolute Gasteiger partial charge is 0.190 e. The Bertz CT molecular complexity index is 326. The number of aliphatic hydroxyl groups excluding tert-OH is 1. The van der Waals surface area contributed by atoms with Crippen LogP contribution < -0.4 is 4.94 Å². The standard InChI is InChI=1S/C10H10FNO2/c11-14-10-6-5-9(12-8-10)4-2-1-3-7-13/h5-6,8,13H,1,3,7H2. The summed E-state index contributed by atoms with van der Waals surface area (Å²) in [5.74, 6) is 5.67. The summed E-state index contributed by atoms with van der Waals surface area (Å²) in [5.41, 5.74) is 0.559. The Morgan fingerprint density at radius 2 is 2.36 bits per heavy atom. The highest BCUT2D eigenvalue weighted by Gasteiger charge is 1.93. The molecule has 4 heteroatoms. The first-order valence-electron chi connectivity index (χ1n) is 4.21. The Morgan fingerprint density at radius 1 is 1.50 bits per heavy atom. The molecule has 74 valence electrons. The monoisotopic (exact) mass is 195 g/mol. The second-order valence-electron chi connectivity index (χ2n) is 2.59. The van der Waals surface area contributed by atoms with Gasteiger partial charge in [-0.25, -0.2) is 4.98 Å². The molecular weight excluding hydrogens is 185 g/mol. The van der Waals surface area contributed by atoms with Gasteiger partial charge in [0.2, 0.25) is 0 Å². The quantitative estimate of drug-likeness (QED) is 0.586. The Hall–Kier alpha value is -1.60. The predicted molar refractivity (Wildman–Crippen MR) is 49.2 cm³/mol. The number of aromatic nitrogens is 1. The van der Waals surface area contributed by atoms with Crippen LogP contribution in [0.2, 0.25) is 0 Å². The SMILES string of the molecule is OCCCC#Cc1ccc(OF)cn1. The molecule has 1 rings (SSSR count). The van der Waals surface area contributed by atoms with Gasteiger partial charge in [0.1, 0.15) is 5.69 Å². The van der Waals surface area contributed by atoms with Crippen LogP contribution in [0, 0.1) is 11.8 Å². The lowest BCUT2D eigenvalue weighted by molar-refractivity contribution is -0.00664. The van der Waals surface area contributed by atoms with Gasteiger partial charge in [0, 0.05) is 17.6 Å². The molecule has 0 aliphatic carbocycles. The molecule has 0 aliphatic rings. The number of aliphatic hydroxyl groups is 1. The molecule has 1 N–H and O–H groups in total. The molecule has 0 fully saturated rings. The van der Waals surface area contributed by atoms with Gasteiger partial charge >= 0.3 is 0 Å². The van der Waals surface area contributed by atoms with Crippen LogP contribution in [0.1, 0.15) is 18.5 Å². The summed E-state index contributed by atoms with van der Waals surface area (Å²) < 4.78 is 11.6. The molecule has 0 unspecified atom stereocenters. The lowest BCUT2D eigenvalue weighted by Crippen LogP contribution is -1.84. The highest BCUT2D eigenvalue weighted by atomic mass is 19.3. The maximum Gasteiger partial charge on any atom is 0.190 e. The first kappa shape index (κ1) is 10.5. The Morgan fingerprint density at radius 3 is 2.93 bits per heavy atom. The van der Waals surface area contributed by atoms with Crippen molar-refractivity contribution in [3.63, 3.8) is 0 Å². The van der Waals surface area contributed by atoms with Crippen LogP contribution in [0.4, 0.5) is 4.53 Å². The van der Waals surface area contributed by atoms with Gasteiger partial charge in [-0.05, 0) is 24.5 Å². The summed E-state index contributed by atoms with van der Waals surface area (Å²) in [5, 5.41) is 8.49. The van der Waals surface area contributed by atoms with Crippen molar-refractivity contribution in [2.24, 2.45) is 0 Å². The minimum atomic E-state index is 0.0610. The van der Waals surface area contributed by atoms with Crippen LogP contribution in [0.15, 0.2) is 18.3 Å². The molecule has 1 heterocycles. The zero-order valence-electron chi connectivity index (χ0n) is 7.53. The average molecular weight is 195 g/mol. The second kappa shape index (κ2) is 5.95. The van der Waals surface area contributed by atoms with E-state index in [1.165, 1.54) is 12.3 Å². The number of pyridine rings is 1. The fourth-order valence-electron chi connectivity index (χ4n) is 0.820. The molecule has 0 aromatic carbocycles. The molecule has 0 radical (unpaired) electrons. The minimum Gasteiger partial charge on any atom is -0.396 e. The van der Waals surface area contributed by atoms with Gasteiger partial charge < -0.3 is 5.11 Å². The lowest BCUT2D eigenvalue weighted by atomic mass is 10.3. The van der Waals surface area contributed by atoms with Crippen LogP contribution in [0.3, 0.4) is 0 Å². The zero-order chi connectivity index (χ0) is 10.2. The van der Waals surface area contributed by atoms with E-state index in [2.05, 4.69) is 21.8 Å². The highest BCUT2D eigenvalue weighted by molar-refractivity contribution is 5.30. The van der Waals surface area contributed by atoms with Gasteiger partial charge in [-0.15, -0.1) is 0 Å². The van der Waals surface area contributed by atoms with Crippen molar-refractivity contribution in [2.75, 3.05) is 6.61 Å². The Balaban J connectivity index is 2.53. The summed E-state index contributed by atoms with van der Waals surface area (Å²) in [6.45, 7) is 0.136. The van der Waals surface area contributed by atoms with Crippen molar-refractivity contribution in [1.82, 2.24) is 4.98 Å². The molecule has 1 aromatic heterocycles. The van der Waals surface area contributed by atoms with Crippen molar-refractivity contribution in [2.45, 2.75) is 12.8 Å². The number of rotatable bonds is 3. The van der Waals surface area contributed by atoms with Gasteiger partial charge in [0.15, 0.2) is 5.75 Å². The zero-order valence-corrected chi connectivity index (χ0v) is 7.53. The summed E-state index contributed by atoms with van der Waals surface area (Å²) in [6.07, 6.45) is 2.54. The molecule has 0 aliphatic heterocycles. The molecule has 0 atom stereocenters. The number of nitrogens with zero attached hydrogens (tertiary/aromatic N) is 1. The van der Waals surface area contributed by atoms with Crippen molar-refractivity contribution < 1.29 is 14.6 Å². The fourth-order valence-corrected chi connectivity index (χ4v) is 0.820. The van der Waals surface area contributed by atoms with Crippen molar-refractivity contribution in [3.05, 3.63) is 24.0 Å². The topological polar surface area (TPSA) is 42.4 Å². The molecule has 14 heavy (non-hydrogen) atoms. The van der Waals surface area contributed by atoms with Crippen molar-refractivity contribution >= 4 is 0 Å². The normalized spacial score (nSPS) is 9.00. The molecule has 3 nitrogen and oxygen atoms in total. The van der Waals surface area contributed by atoms with Crippen LogP contribution in [0.25, 0.3) is 0 Å². The largest absolute Gasteiger partial charge is 0.396 e. The molecule has 1 aromatic rings. The average Bonchev–Trinajstić information content (AvgIpc) is 2.25. The van der Waals surface area contributed by atoms with Gasteiger partial charge in [-0.2, -0.15) is 0 Å². The van der Waals surface area contributed by atoms with E-state index in [1.54, 1.807) is 6.07 Å². The number of hydrogen-bond donors (Lipinski definition) is 1. The molecule has 0 saturated carbocycles. The van der Waals surface area contributed by atoms with E-state index < -0.39 is 0 Å². The summed E-state index contributed by atoms with van der Waals surface area (Å²) in [7, 11) is 0. The summed E-state index contributed by atoms with van der Waals surface area (Å²) in [4.78, 5) is 7.31. The van der Waals surface area contributed by atoms with E-state index in [9.17, 15) is 4.53 Å². The van der Waals surface area contributed by atoms with Crippen molar-refractivity contribution in [1.29, 1.82) is 0 Å². The number of halogens is 1. The molecule has 0 saturated heterocycles. The third-order valence-corrected chi connectivity index (χ3v) is 1.50. The summed E-state index contributed by atoms with van der Waals surface area (Å²) in [6, 6.07) is 3.02. The summed E-state index contributed by atoms with van der Waals surface area (Å²) >= 11 is 0. The van der Waals surface area contributed by atoms with Crippen LogP contribution in [-0.4, -0.2) is 16.7 Å². The first-order chi connectivity index (χ1) is 6.86. The predicted octanol–water partition coefficient (Wildman–Crippen LogP) is 1.47. The molecule has 0 bridgehead atoms. The van der Waals surface area contributed by atoms with Crippen molar-refractivity contribution in [3.8, 4) is 17.6 Å². The highest BCUT2D eigenvalue weighted by Crippen LogP contribution is 2.08. The van der Waals surface area contributed by atoms with E-state index in [0.29, 0.717) is 18.5 Å². The van der Waals surface area contributed by atoms with Crippen LogP contribution in [0.5, 0.6) is 5.75 Å². The van der Waals surface area contributed by atoms with Gasteiger partial charge in [-0.1, -0.05) is 5.92 Å². The van der Waals surface area contributed by atoms with Gasteiger partial charge in [0.05, 0.1) is 6.20 Å². The van der Waals surface area contributed by atoms with Crippen LogP contribution >= 0.6 is 0 Å². The Kier molecular flexibility index (Phi) is 4.45. The maximum absolute atomic E-state index is 11.6. The third-order valence-electron chi connectivity index (χ3n) is 1.50. The van der Waals surface area contributed by atoms with E-state index in [-0.39, 0.29) is 12.4 Å². The Labute approximate surface area is 81.4 Å². The van der Waals surface area contributed by atoms with E-state index in [1.807, 2.05) is 0 Å².